The molecule has 0 aliphatic carbocycles. The summed E-state index contributed by atoms with van der Waals surface area (Å²) in [5, 5.41) is 7.66. The summed E-state index contributed by atoms with van der Waals surface area (Å²) in [5.74, 6) is 0. The lowest BCUT2D eigenvalue weighted by atomic mass is 9.90. The number of hydrogen-bond acceptors (Lipinski definition) is 2. The molecule has 6 aromatic carbocycles. The van der Waals surface area contributed by atoms with Crippen LogP contribution < -0.4 is 0 Å². The molecule has 208 valence electrons. The van der Waals surface area contributed by atoms with Crippen LogP contribution in [0.15, 0.2) is 146 Å². The SMILES string of the molecule is Cc1cncc(-c2ccc(-c3ccc4c5ccc(-c6ccc(-c7cncc(C)c7)cc6)cc5c5ccccc5c4c3)cc2)c1. The second kappa shape index (κ2) is 10.6. The number of hydrogen-bond donors (Lipinski definition) is 0. The highest BCUT2D eigenvalue weighted by atomic mass is 14.6. The third-order valence-corrected chi connectivity index (χ3v) is 8.69. The van der Waals surface area contributed by atoms with Crippen molar-refractivity contribution < 1.29 is 0 Å². The highest BCUT2D eigenvalue weighted by Crippen LogP contribution is 2.39. The van der Waals surface area contributed by atoms with Gasteiger partial charge >= 0.3 is 0 Å². The molecule has 0 saturated carbocycles. The van der Waals surface area contributed by atoms with Gasteiger partial charge in [-0.05, 0) is 115 Å². The summed E-state index contributed by atoms with van der Waals surface area (Å²) < 4.78 is 0. The van der Waals surface area contributed by atoms with E-state index in [1.165, 1.54) is 76.8 Å². The number of aryl methyl sites for hydroxylation is 2. The van der Waals surface area contributed by atoms with Crippen LogP contribution in [-0.4, -0.2) is 9.97 Å². The molecule has 0 atom stereocenters. The zero-order chi connectivity index (χ0) is 29.6. The quantitative estimate of drug-likeness (QED) is 0.199. The van der Waals surface area contributed by atoms with E-state index < -0.39 is 0 Å². The molecule has 0 unspecified atom stereocenters. The van der Waals surface area contributed by atoms with Crippen LogP contribution in [0.25, 0.3) is 76.8 Å². The van der Waals surface area contributed by atoms with Crippen molar-refractivity contribution in [3.63, 3.8) is 0 Å². The summed E-state index contributed by atoms with van der Waals surface area (Å²) in [4.78, 5) is 8.73. The van der Waals surface area contributed by atoms with Crippen molar-refractivity contribution in [2.75, 3.05) is 0 Å². The summed E-state index contributed by atoms with van der Waals surface area (Å²) in [6, 6.07) is 44.6. The molecular weight excluding hydrogens is 532 g/mol. The van der Waals surface area contributed by atoms with E-state index in [4.69, 9.17) is 0 Å². The molecule has 0 spiro atoms. The average molecular weight is 563 g/mol. The molecule has 0 N–H and O–H groups in total. The predicted molar refractivity (Wildman–Crippen MR) is 186 cm³/mol. The maximum Gasteiger partial charge on any atom is 0.0346 e. The monoisotopic (exact) mass is 562 g/mol. The topological polar surface area (TPSA) is 25.8 Å². The predicted octanol–water partition coefficient (Wildman–Crippen LogP) is 11.2. The van der Waals surface area contributed by atoms with Gasteiger partial charge in [0.25, 0.3) is 0 Å². The molecule has 2 nitrogen and oxygen atoms in total. The van der Waals surface area contributed by atoms with Crippen LogP contribution >= 0.6 is 0 Å². The first-order valence-electron chi connectivity index (χ1n) is 15.0. The Balaban J connectivity index is 1.21. The third-order valence-electron chi connectivity index (χ3n) is 8.69. The first-order valence-corrected chi connectivity index (χ1v) is 15.0. The van der Waals surface area contributed by atoms with Gasteiger partial charge in [-0.15, -0.1) is 0 Å². The van der Waals surface area contributed by atoms with Gasteiger partial charge in [0.15, 0.2) is 0 Å². The molecule has 2 aromatic heterocycles. The van der Waals surface area contributed by atoms with Gasteiger partial charge in [-0.2, -0.15) is 0 Å². The molecule has 0 bridgehead atoms. The summed E-state index contributed by atoms with van der Waals surface area (Å²) >= 11 is 0. The molecule has 8 aromatic rings. The van der Waals surface area contributed by atoms with Gasteiger partial charge in [0.2, 0.25) is 0 Å². The molecule has 8 rings (SSSR count). The highest BCUT2D eigenvalue weighted by molar-refractivity contribution is 6.26. The lowest BCUT2D eigenvalue weighted by Gasteiger charge is -2.14. The zero-order valence-corrected chi connectivity index (χ0v) is 24.8. The van der Waals surface area contributed by atoms with Crippen molar-refractivity contribution in [2.45, 2.75) is 13.8 Å². The molecule has 0 aliphatic heterocycles. The Morgan fingerprint density at radius 3 is 1.02 bits per heavy atom. The number of nitrogens with zero attached hydrogens (tertiary/aromatic N) is 2. The second-order valence-electron chi connectivity index (χ2n) is 11.7. The Morgan fingerprint density at radius 1 is 0.295 bits per heavy atom. The number of aromatic nitrogens is 2. The zero-order valence-electron chi connectivity index (χ0n) is 24.8. The summed E-state index contributed by atoms with van der Waals surface area (Å²) in [6.45, 7) is 4.16. The minimum Gasteiger partial charge on any atom is -0.264 e. The Labute approximate surface area is 257 Å². The van der Waals surface area contributed by atoms with Gasteiger partial charge in [-0.3, -0.25) is 9.97 Å². The lowest BCUT2D eigenvalue weighted by Crippen LogP contribution is -1.87. The van der Waals surface area contributed by atoms with Crippen LogP contribution in [0.5, 0.6) is 0 Å². The van der Waals surface area contributed by atoms with E-state index in [1.807, 2.05) is 24.8 Å². The van der Waals surface area contributed by atoms with E-state index >= 15 is 0 Å². The standard InChI is InChI=1S/C42H30N2/c1-27-19-35(25-43-23-27)31-11-7-29(8-12-31)33-15-17-39-40-18-16-34(22-42(40)38-6-4-3-5-37(38)41(39)21-33)30-9-13-32(14-10-30)36-20-28(2)24-44-26-36/h3-26H,1-2H3. The number of rotatable bonds is 4. The van der Waals surface area contributed by atoms with E-state index in [0.717, 1.165) is 11.1 Å². The van der Waals surface area contributed by atoms with Crippen molar-refractivity contribution in [3.05, 3.63) is 157 Å². The maximum absolute atomic E-state index is 4.37. The first kappa shape index (κ1) is 26.1. The summed E-state index contributed by atoms with van der Waals surface area (Å²) in [6.07, 6.45) is 7.64. The van der Waals surface area contributed by atoms with E-state index in [0.29, 0.717) is 0 Å². The van der Waals surface area contributed by atoms with E-state index in [1.54, 1.807) is 0 Å². The molecular formula is C42H30N2. The Bertz CT molecular complexity index is 2140. The van der Waals surface area contributed by atoms with E-state index in [2.05, 4.69) is 145 Å². The fourth-order valence-corrected chi connectivity index (χ4v) is 6.45. The van der Waals surface area contributed by atoms with Crippen molar-refractivity contribution in [1.82, 2.24) is 9.97 Å². The van der Waals surface area contributed by atoms with E-state index in [-0.39, 0.29) is 0 Å². The van der Waals surface area contributed by atoms with Crippen LogP contribution in [0.4, 0.5) is 0 Å². The van der Waals surface area contributed by atoms with Crippen molar-refractivity contribution in [3.8, 4) is 44.5 Å². The fraction of sp³-hybridized carbons (Fsp3) is 0.0476. The van der Waals surface area contributed by atoms with Crippen LogP contribution in [0, 0.1) is 13.8 Å². The van der Waals surface area contributed by atoms with Crippen LogP contribution in [0.3, 0.4) is 0 Å². The van der Waals surface area contributed by atoms with Crippen LogP contribution in [0.2, 0.25) is 0 Å². The molecule has 0 aliphatic rings. The average Bonchev–Trinajstić information content (AvgIpc) is 3.08. The largest absolute Gasteiger partial charge is 0.264 e. The van der Waals surface area contributed by atoms with Gasteiger partial charge in [-0.25, -0.2) is 0 Å². The Hall–Kier alpha value is -5.60. The molecule has 2 heterocycles. The summed E-state index contributed by atoms with van der Waals surface area (Å²) in [7, 11) is 0. The molecule has 0 radical (unpaired) electrons. The van der Waals surface area contributed by atoms with Gasteiger partial charge in [0.1, 0.15) is 0 Å². The van der Waals surface area contributed by atoms with Crippen LogP contribution in [-0.2, 0) is 0 Å². The van der Waals surface area contributed by atoms with Crippen molar-refractivity contribution >= 4 is 32.3 Å². The summed E-state index contributed by atoms with van der Waals surface area (Å²) in [5.41, 5.74) is 11.8. The molecule has 0 saturated heterocycles. The third kappa shape index (κ3) is 4.62. The Morgan fingerprint density at radius 2 is 0.636 bits per heavy atom. The fourth-order valence-electron chi connectivity index (χ4n) is 6.45. The lowest BCUT2D eigenvalue weighted by molar-refractivity contribution is 1.27. The van der Waals surface area contributed by atoms with Gasteiger partial charge in [0.05, 0.1) is 0 Å². The van der Waals surface area contributed by atoms with Crippen LogP contribution in [0.1, 0.15) is 11.1 Å². The van der Waals surface area contributed by atoms with Gasteiger partial charge in [-0.1, -0.05) is 97.1 Å². The molecule has 44 heavy (non-hydrogen) atoms. The Kier molecular flexibility index (Phi) is 6.27. The number of fused-ring (bicyclic) bond motifs is 6. The van der Waals surface area contributed by atoms with Crippen molar-refractivity contribution in [1.29, 1.82) is 0 Å². The second-order valence-corrected chi connectivity index (χ2v) is 11.7. The van der Waals surface area contributed by atoms with Crippen molar-refractivity contribution in [2.24, 2.45) is 0 Å². The minimum atomic E-state index is 1.14. The number of pyridine rings is 2. The van der Waals surface area contributed by atoms with Gasteiger partial charge < -0.3 is 0 Å². The first-order chi connectivity index (χ1) is 21.6. The smallest absolute Gasteiger partial charge is 0.0346 e. The molecule has 0 fully saturated rings. The van der Waals surface area contributed by atoms with Gasteiger partial charge in [0, 0.05) is 35.9 Å². The molecule has 2 heteroatoms. The maximum atomic E-state index is 4.37. The number of benzene rings is 6. The minimum absolute atomic E-state index is 1.14. The molecule has 0 amide bonds. The van der Waals surface area contributed by atoms with E-state index in [9.17, 15) is 0 Å². The normalized spacial score (nSPS) is 11.4. The highest BCUT2D eigenvalue weighted by Gasteiger charge is 2.12.